The fourth-order valence-electron chi connectivity index (χ4n) is 5.97. The number of carbonyl (C=O) groups excluding carboxylic acids is 1. The number of hydrogen-bond donors (Lipinski definition) is 0. The van der Waals surface area contributed by atoms with Crippen molar-refractivity contribution in [3.8, 4) is 17.0 Å². The van der Waals surface area contributed by atoms with E-state index in [1.54, 1.807) is 18.3 Å². The summed E-state index contributed by atoms with van der Waals surface area (Å²) in [7, 11) is 1.37. The molecule has 2 bridgehead atoms. The third kappa shape index (κ3) is 5.65. The minimum Gasteiger partial charge on any atom is -0.469 e. The third-order valence-electron chi connectivity index (χ3n) is 7.94. The lowest BCUT2D eigenvalue weighted by Gasteiger charge is -2.39. The Kier molecular flexibility index (Phi) is 7.16. The summed E-state index contributed by atoms with van der Waals surface area (Å²) in [6.07, 6.45) is 2.68. The second-order valence-electron chi connectivity index (χ2n) is 10.7. The van der Waals surface area contributed by atoms with Crippen molar-refractivity contribution in [2.24, 2.45) is 0 Å². The Labute approximate surface area is 229 Å². The minimum absolute atomic E-state index is 0.0104. The zero-order valence-corrected chi connectivity index (χ0v) is 22.0. The topological polar surface area (TPSA) is 86.9 Å². The van der Waals surface area contributed by atoms with Gasteiger partial charge in [0.1, 0.15) is 23.0 Å². The predicted molar refractivity (Wildman–Crippen MR) is 138 cm³/mol. The van der Waals surface area contributed by atoms with E-state index in [-0.39, 0.29) is 54.4 Å². The molecule has 1 aromatic carbocycles. The molecule has 2 aliphatic heterocycles. The number of fused-ring (bicyclic) bond motifs is 2. The third-order valence-corrected chi connectivity index (χ3v) is 7.94. The van der Waals surface area contributed by atoms with Gasteiger partial charge < -0.3 is 23.6 Å². The number of anilines is 1. The molecular formula is C29H30F3N3O5. The molecule has 2 unspecified atom stereocenters. The highest BCUT2D eigenvalue weighted by molar-refractivity contribution is 5.72. The molecular weight excluding hydrogens is 527 g/mol. The maximum atomic E-state index is 13.1. The standard InChI is InChI=1S/C29H30F3N3O5/c1-37-26(36)12-17-6-11-25(33-15-17)35-19-9-10-20(35)14-21(13-19)38-16-23-27(34-40-28(23)18-7-8-18)22-4-2-3-5-24(22)39-29(30,31)32/h2-6,11,15,18-21H,7-10,12-14,16H2,1H3. The van der Waals surface area contributed by atoms with Gasteiger partial charge in [0, 0.05) is 35.3 Å². The average Bonchev–Trinajstić information content (AvgIpc) is 3.63. The first-order valence-electron chi connectivity index (χ1n) is 13.5. The van der Waals surface area contributed by atoms with E-state index in [0.29, 0.717) is 17.0 Å². The van der Waals surface area contributed by atoms with E-state index in [9.17, 15) is 18.0 Å². The number of alkyl halides is 3. The van der Waals surface area contributed by atoms with Crippen molar-refractivity contribution in [1.82, 2.24) is 10.1 Å². The zero-order chi connectivity index (χ0) is 27.9. The molecule has 2 aromatic heterocycles. The van der Waals surface area contributed by atoms with Crippen LogP contribution in [0.3, 0.4) is 0 Å². The summed E-state index contributed by atoms with van der Waals surface area (Å²) in [5.74, 6) is 1.17. The molecule has 212 valence electrons. The molecule has 8 nitrogen and oxygen atoms in total. The molecule has 3 fully saturated rings. The van der Waals surface area contributed by atoms with E-state index in [1.165, 1.54) is 19.2 Å². The average molecular weight is 558 g/mol. The van der Waals surface area contributed by atoms with E-state index in [1.807, 2.05) is 12.1 Å². The van der Waals surface area contributed by atoms with Gasteiger partial charge in [0.15, 0.2) is 0 Å². The van der Waals surface area contributed by atoms with Crippen molar-refractivity contribution >= 4 is 11.8 Å². The highest BCUT2D eigenvalue weighted by Crippen LogP contribution is 2.46. The number of rotatable bonds is 9. The lowest BCUT2D eigenvalue weighted by Crippen LogP contribution is -2.46. The number of pyridine rings is 1. The Hall–Kier alpha value is -3.60. The van der Waals surface area contributed by atoms with Gasteiger partial charge in [-0.25, -0.2) is 4.98 Å². The van der Waals surface area contributed by atoms with E-state index >= 15 is 0 Å². The van der Waals surface area contributed by atoms with Gasteiger partial charge in [0.25, 0.3) is 0 Å². The van der Waals surface area contributed by atoms with Gasteiger partial charge in [0.2, 0.25) is 0 Å². The quantitative estimate of drug-likeness (QED) is 0.299. The van der Waals surface area contributed by atoms with Crippen LogP contribution in [-0.4, -0.2) is 47.8 Å². The summed E-state index contributed by atoms with van der Waals surface area (Å²) in [5, 5.41) is 4.18. The number of piperidine rings is 1. The molecule has 3 aromatic rings. The van der Waals surface area contributed by atoms with Gasteiger partial charge >= 0.3 is 12.3 Å². The molecule has 0 N–H and O–H groups in total. The normalized spacial score (nSPS) is 22.4. The first kappa shape index (κ1) is 26.6. The van der Waals surface area contributed by atoms with Crippen molar-refractivity contribution in [2.75, 3.05) is 12.0 Å². The highest BCUT2D eigenvalue weighted by Gasteiger charge is 2.42. The van der Waals surface area contributed by atoms with E-state index in [0.717, 1.165) is 49.9 Å². The number of halogens is 3. The molecule has 1 saturated carbocycles. The van der Waals surface area contributed by atoms with Crippen LogP contribution in [0, 0.1) is 0 Å². The van der Waals surface area contributed by atoms with E-state index in [4.69, 9.17) is 14.0 Å². The lowest BCUT2D eigenvalue weighted by atomic mass is 9.99. The van der Waals surface area contributed by atoms with Gasteiger partial charge in [-0.15, -0.1) is 13.2 Å². The van der Waals surface area contributed by atoms with Gasteiger partial charge in [0.05, 0.1) is 26.2 Å². The number of para-hydroxylation sites is 1. The monoisotopic (exact) mass is 557 g/mol. The molecule has 40 heavy (non-hydrogen) atoms. The molecule has 4 heterocycles. The fraction of sp³-hybridized carbons (Fsp3) is 0.483. The van der Waals surface area contributed by atoms with Crippen LogP contribution in [0.5, 0.6) is 5.75 Å². The number of hydrogen-bond acceptors (Lipinski definition) is 8. The molecule has 0 spiro atoms. The number of ether oxygens (including phenoxy) is 3. The van der Waals surface area contributed by atoms with Gasteiger partial charge in [-0.05, 0) is 62.3 Å². The largest absolute Gasteiger partial charge is 0.573 e. The summed E-state index contributed by atoms with van der Waals surface area (Å²) >= 11 is 0. The minimum atomic E-state index is -4.82. The maximum Gasteiger partial charge on any atom is 0.573 e. The van der Waals surface area contributed by atoms with Crippen molar-refractivity contribution < 1.29 is 36.7 Å². The Morgan fingerprint density at radius 2 is 1.82 bits per heavy atom. The number of methoxy groups -OCH3 is 1. The smallest absolute Gasteiger partial charge is 0.469 e. The summed E-state index contributed by atoms with van der Waals surface area (Å²) in [4.78, 5) is 18.5. The van der Waals surface area contributed by atoms with Crippen LogP contribution in [0.25, 0.3) is 11.3 Å². The molecule has 0 amide bonds. The van der Waals surface area contributed by atoms with Crippen LogP contribution < -0.4 is 9.64 Å². The summed E-state index contributed by atoms with van der Waals surface area (Å²) in [5.41, 5.74) is 2.06. The fourth-order valence-corrected chi connectivity index (χ4v) is 5.97. The second-order valence-corrected chi connectivity index (χ2v) is 10.7. The molecule has 3 aliphatic rings. The zero-order valence-electron chi connectivity index (χ0n) is 22.0. The van der Waals surface area contributed by atoms with Crippen molar-refractivity contribution in [3.63, 3.8) is 0 Å². The van der Waals surface area contributed by atoms with Crippen LogP contribution in [0.15, 0.2) is 47.1 Å². The van der Waals surface area contributed by atoms with Crippen LogP contribution in [0.4, 0.5) is 19.0 Å². The molecule has 6 rings (SSSR count). The number of carbonyl (C=O) groups is 1. The first-order chi connectivity index (χ1) is 19.3. The second kappa shape index (κ2) is 10.8. The van der Waals surface area contributed by atoms with Crippen LogP contribution in [-0.2, 0) is 27.3 Å². The van der Waals surface area contributed by atoms with Gasteiger partial charge in [-0.1, -0.05) is 23.4 Å². The molecule has 0 radical (unpaired) electrons. The highest BCUT2D eigenvalue weighted by atomic mass is 19.4. The first-order valence-corrected chi connectivity index (χ1v) is 13.5. The van der Waals surface area contributed by atoms with E-state index < -0.39 is 6.36 Å². The van der Waals surface area contributed by atoms with Crippen molar-refractivity contribution in [3.05, 3.63) is 59.5 Å². The van der Waals surface area contributed by atoms with Crippen LogP contribution in [0.2, 0.25) is 0 Å². The van der Waals surface area contributed by atoms with Crippen molar-refractivity contribution in [1.29, 1.82) is 0 Å². The molecule has 2 saturated heterocycles. The number of aromatic nitrogens is 2. The Balaban J connectivity index is 1.16. The molecule has 11 heteroatoms. The predicted octanol–water partition coefficient (Wildman–Crippen LogP) is 5.94. The molecule has 2 atom stereocenters. The Morgan fingerprint density at radius 3 is 2.48 bits per heavy atom. The summed E-state index contributed by atoms with van der Waals surface area (Å²) in [6.45, 7) is 0.204. The summed E-state index contributed by atoms with van der Waals surface area (Å²) in [6, 6.07) is 10.4. The molecule has 1 aliphatic carbocycles. The van der Waals surface area contributed by atoms with E-state index in [2.05, 4.69) is 19.8 Å². The Bertz CT molecular complexity index is 1340. The maximum absolute atomic E-state index is 13.1. The van der Waals surface area contributed by atoms with Crippen molar-refractivity contribution in [2.45, 2.75) is 82.0 Å². The van der Waals surface area contributed by atoms with Gasteiger partial charge in [-0.2, -0.15) is 0 Å². The lowest BCUT2D eigenvalue weighted by molar-refractivity contribution is -0.274. The number of benzene rings is 1. The van der Waals surface area contributed by atoms with Gasteiger partial charge in [-0.3, -0.25) is 4.79 Å². The van der Waals surface area contributed by atoms with Crippen LogP contribution in [0.1, 0.15) is 61.3 Å². The SMILES string of the molecule is COC(=O)Cc1ccc(N2C3CCC2CC(OCc2c(-c4ccccc4OC(F)(F)F)noc2C2CC2)C3)nc1. The summed E-state index contributed by atoms with van der Waals surface area (Å²) < 4.78 is 60.3. The number of esters is 1. The Morgan fingerprint density at radius 1 is 1.07 bits per heavy atom. The van der Waals surface area contributed by atoms with Crippen LogP contribution >= 0.6 is 0 Å². The number of nitrogens with zero attached hydrogens (tertiary/aromatic N) is 3.